The van der Waals surface area contributed by atoms with E-state index in [1.807, 2.05) is 20.8 Å². The Labute approximate surface area is 248 Å². The summed E-state index contributed by atoms with van der Waals surface area (Å²) < 4.78 is 48.6. The van der Waals surface area contributed by atoms with E-state index in [1.54, 1.807) is 62.4 Å². The SMILES string of the molecule is CCOc1ccccc1N(CC(=O)N(Cc1ccc(F)cc1)[C@@H](CC)C(=O)N[C@@H](C)CC)S(=O)(=O)c1ccc(C)cc1. The number of aryl methyl sites for hydroxylation is 1. The number of para-hydroxylation sites is 2. The van der Waals surface area contributed by atoms with Crippen molar-refractivity contribution in [2.24, 2.45) is 0 Å². The summed E-state index contributed by atoms with van der Waals surface area (Å²) in [6.07, 6.45) is 0.986. The van der Waals surface area contributed by atoms with Gasteiger partial charge in [-0.15, -0.1) is 0 Å². The molecular formula is C32H40FN3O5S. The summed E-state index contributed by atoms with van der Waals surface area (Å²) in [5.41, 5.74) is 1.68. The molecule has 0 aliphatic rings. The second-order valence-electron chi connectivity index (χ2n) is 10.1. The van der Waals surface area contributed by atoms with E-state index in [0.29, 0.717) is 17.7 Å². The van der Waals surface area contributed by atoms with Crippen LogP contribution in [-0.4, -0.2) is 50.4 Å². The number of nitrogens with one attached hydrogen (secondary N) is 1. The average Bonchev–Trinajstić information content (AvgIpc) is 2.97. The molecule has 0 saturated heterocycles. The molecule has 0 unspecified atom stereocenters. The van der Waals surface area contributed by atoms with Crippen molar-refractivity contribution in [3.05, 3.63) is 89.7 Å². The van der Waals surface area contributed by atoms with Gasteiger partial charge in [-0.05, 0) is 75.6 Å². The summed E-state index contributed by atoms with van der Waals surface area (Å²) in [5.74, 6) is -1.06. The first kappa shape index (κ1) is 32.6. The van der Waals surface area contributed by atoms with E-state index in [9.17, 15) is 22.4 Å². The van der Waals surface area contributed by atoms with Crippen molar-refractivity contribution < 1.29 is 27.1 Å². The lowest BCUT2D eigenvalue weighted by molar-refractivity contribution is -0.140. The number of nitrogens with zero attached hydrogens (tertiary/aromatic N) is 2. The fourth-order valence-electron chi connectivity index (χ4n) is 4.44. The average molecular weight is 598 g/mol. The highest BCUT2D eigenvalue weighted by Crippen LogP contribution is 2.33. The molecule has 0 aliphatic heterocycles. The highest BCUT2D eigenvalue weighted by atomic mass is 32.2. The molecule has 2 amide bonds. The molecule has 3 rings (SSSR count). The van der Waals surface area contributed by atoms with Crippen LogP contribution in [-0.2, 0) is 26.2 Å². The molecule has 3 aromatic carbocycles. The van der Waals surface area contributed by atoms with Crippen LogP contribution in [0.5, 0.6) is 5.75 Å². The van der Waals surface area contributed by atoms with Crippen LogP contribution in [0.25, 0.3) is 0 Å². The molecule has 0 fully saturated rings. The number of anilines is 1. The first-order chi connectivity index (χ1) is 20.0. The predicted octanol–water partition coefficient (Wildman–Crippen LogP) is 5.45. The second kappa shape index (κ2) is 14.8. The summed E-state index contributed by atoms with van der Waals surface area (Å²) in [5, 5.41) is 2.94. The standard InChI is InChI=1S/C32H40FN3O5S/c1-6-24(5)34-32(38)28(7-2)35(21-25-15-17-26(33)18-16-25)31(37)22-36(29-11-9-10-12-30(29)41-8-3)42(39,40)27-19-13-23(4)14-20-27/h9-20,24,28H,6-8,21-22H2,1-5H3,(H,34,38)/t24-,28-/m0/s1. The number of sulfonamides is 1. The number of benzene rings is 3. The molecule has 2 atom stereocenters. The Morgan fingerprint density at radius 1 is 0.929 bits per heavy atom. The number of carbonyl (C=O) groups is 2. The maximum absolute atomic E-state index is 14.2. The third-order valence-corrected chi connectivity index (χ3v) is 8.75. The minimum absolute atomic E-state index is 0.0128. The minimum Gasteiger partial charge on any atom is -0.492 e. The van der Waals surface area contributed by atoms with Gasteiger partial charge in [0.15, 0.2) is 0 Å². The Hall–Kier alpha value is -3.92. The number of hydrogen-bond donors (Lipinski definition) is 1. The highest BCUT2D eigenvalue weighted by Gasteiger charge is 2.35. The monoisotopic (exact) mass is 597 g/mol. The van der Waals surface area contributed by atoms with Crippen molar-refractivity contribution in [1.29, 1.82) is 0 Å². The molecule has 8 nitrogen and oxygen atoms in total. The van der Waals surface area contributed by atoms with Crippen molar-refractivity contribution in [2.45, 2.75) is 71.0 Å². The summed E-state index contributed by atoms with van der Waals surface area (Å²) in [6.45, 7) is 8.92. The largest absolute Gasteiger partial charge is 0.492 e. The molecule has 0 heterocycles. The first-order valence-corrected chi connectivity index (χ1v) is 15.6. The predicted molar refractivity (Wildman–Crippen MR) is 162 cm³/mol. The Morgan fingerprint density at radius 2 is 1.57 bits per heavy atom. The van der Waals surface area contributed by atoms with Crippen molar-refractivity contribution in [3.8, 4) is 5.75 Å². The number of ether oxygens (including phenoxy) is 1. The number of amides is 2. The summed E-state index contributed by atoms with van der Waals surface area (Å²) in [6, 6.07) is 17.6. The molecule has 0 radical (unpaired) electrons. The molecule has 3 aromatic rings. The van der Waals surface area contributed by atoms with Crippen LogP contribution in [0.4, 0.5) is 10.1 Å². The van der Waals surface area contributed by atoms with Crippen molar-refractivity contribution in [1.82, 2.24) is 10.2 Å². The Bertz CT molecular complexity index is 1450. The van der Waals surface area contributed by atoms with Crippen molar-refractivity contribution in [3.63, 3.8) is 0 Å². The third-order valence-electron chi connectivity index (χ3n) is 6.97. The van der Waals surface area contributed by atoms with E-state index >= 15 is 0 Å². The fraction of sp³-hybridized carbons (Fsp3) is 0.375. The summed E-state index contributed by atoms with van der Waals surface area (Å²) in [4.78, 5) is 28.9. The fourth-order valence-corrected chi connectivity index (χ4v) is 5.86. The van der Waals surface area contributed by atoms with Gasteiger partial charge in [-0.3, -0.25) is 13.9 Å². The van der Waals surface area contributed by atoms with E-state index in [0.717, 1.165) is 9.87 Å². The van der Waals surface area contributed by atoms with Crippen LogP contribution in [0.15, 0.2) is 77.7 Å². The van der Waals surface area contributed by atoms with Gasteiger partial charge >= 0.3 is 0 Å². The third kappa shape index (κ3) is 8.09. The Morgan fingerprint density at radius 3 is 2.17 bits per heavy atom. The van der Waals surface area contributed by atoms with E-state index in [1.165, 1.54) is 29.2 Å². The smallest absolute Gasteiger partial charge is 0.264 e. The van der Waals surface area contributed by atoms with E-state index in [-0.39, 0.29) is 42.1 Å². The zero-order chi connectivity index (χ0) is 30.9. The molecule has 0 saturated carbocycles. The lowest BCUT2D eigenvalue weighted by atomic mass is 10.1. The normalized spacial score (nSPS) is 12.7. The molecule has 1 N–H and O–H groups in total. The maximum Gasteiger partial charge on any atom is 0.264 e. The molecule has 0 bridgehead atoms. The molecule has 0 aromatic heterocycles. The van der Waals surface area contributed by atoms with Gasteiger partial charge in [0.05, 0.1) is 17.2 Å². The van der Waals surface area contributed by atoms with Gasteiger partial charge in [0, 0.05) is 12.6 Å². The lowest BCUT2D eigenvalue weighted by Gasteiger charge is -2.34. The molecular weight excluding hydrogens is 557 g/mol. The number of halogens is 1. The number of carbonyl (C=O) groups excluding carboxylic acids is 2. The summed E-state index contributed by atoms with van der Waals surface area (Å²) >= 11 is 0. The van der Waals surface area contributed by atoms with Crippen LogP contribution in [0.1, 0.15) is 51.7 Å². The van der Waals surface area contributed by atoms with E-state index in [4.69, 9.17) is 4.74 Å². The van der Waals surface area contributed by atoms with Gasteiger partial charge in [0.2, 0.25) is 11.8 Å². The quantitative estimate of drug-likeness (QED) is 0.267. The van der Waals surface area contributed by atoms with Gasteiger partial charge in [0.1, 0.15) is 24.2 Å². The number of rotatable bonds is 14. The van der Waals surface area contributed by atoms with E-state index < -0.39 is 34.3 Å². The zero-order valence-corrected chi connectivity index (χ0v) is 25.7. The Balaban J connectivity index is 2.10. The molecule has 0 spiro atoms. The van der Waals surface area contributed by atoms with Crippen LogP contribution in [0.2, 0.25) is 0 Å². The van der Waals surface area contributed by atoms with Gasteiger partial charge in [-0.1, -0.05) is 55.8 Å². The highest BCUT2D eigenvalue weighted by molar-refractivity contribution is 7.92. The zero-order valence-electron chi connectivity index (χ0n) is 24.8. The van der Waals surface area contributed by atoms with Crippen LogP contribution >= 0.6 is 0 Å². The molecule has 42 heavy (non-hydrogen) atoms. The maximum atomic E-state index is 14.2. The Kier molecular flexibility index (Phi) is 11.5. The second-order valence-corrected chi connectivity index (χ2v) is 12.0. The van der Waals surface area contributed by atoms with Crippen molar-refractivity contribution >= 4 is 27.5 Å². The van der Waals surface area contributed by atoms with E-state index in [2.05, 4.69) is 5.32 Å². The molecule has 10 heteroatoms. The van der Waals surface area contributed by atoms with Gasteiger partial charge < -0.3 is 15.0 Å². The van der Waals surface area contributed by atoms with Crippen LogP contribution in [0.3, 0.4) is 0 Å². The van der Waals surface area contributed by atoms with Gasteiger partial charge in [0.25, 0.3) is 10.0 Å². The van der Waals surface area contributed by atoms with Crippen LogP contribution < -0.4 is 14.4 Å². The summed E-state index contributed by atoms with van der Waals surface area (Å²) in [7, 11) is -4.24. The van der Waals surface area contributed by atoms with Crippen molar-refractivity contribution in [2.75, 3.05) is 17.5 Å². The minimum atomic E-state index is -4.24. The van der Waals surface area contributed by atoms with Gasteiger partial charge in [-0.25, -0.2) is 12.8 Å². The van der Waals surface area contributed by atoms with Crippen LogP contribution in [0, 0.1) is 12.7 Å². The first-order valence-electron chi connectivity index (χ1n) is 14.2. The van der Waals surface area contributed by atoms with Gasteiger partial charge in [-0.2, -0.15) is 0 Å². The number of hydrogen-bond acceptors (Lipinski definition) is 5. The topological polar surface area (TPSA) is 96.0 Å². The molecule has 226 valence electrons. The lowest BCUT2D eigenvalue weighted by Crippen LogP contribution is -2.53. The molecule has 0 aliphatic carbocycles.